The number of hydrogen-bond donors (Lipinski definition) is 1. The maximum absolute atomic E-state index is 9.89. The summed E-state index contributed by atoms with van der Waals surface area (Å²) in [6.07, 6.45) is 1.62. The minimum absolute atomic E-state index is 0.152. The third-order valence-electron chi connectivity index (χ3n) is 3.97. The van der Waals surface area contributed by atoms with Crippen molar-refractivity contribution in [3.05, 3.63) is 81.3 Å². The summed E-state index contributed by atoms with van der Waals surface area (Å²) in [5.74, 6) is 1.03. The van der Waals surface area contributed by atoms with Crippen LogP contribution in [-0.2, 0) is 5.75 Å². The van der Waals surface area contributed by atoms with Crippen LogP contribution < -0.4 is 0 Å². The first kappa shape index (κ1) is 19.5. The topological polar surface area (TPSA) is 45.5 Å². The highest BCUT2D eigenvalue weighted by atomic mass is 79.9. The van der Waals surface area contributed by atoms with Gasteiger partial charge in [-0.15, -0.1) is 11.3 Å². The Morgan fingerprint density at radius 2 is 1.93 bits per heavy atom. The van der Waals surface area contributed by atoms with Gasteiger partial charge < -0.3 is 5.11 Å². The van der Waals surface area contributed by atoms with E-state index in [1.807, 2.05) is 18.2 Å². The third-order valence-corrected chi connectivity index (χ3v) is 6.97. The zero-order chi connectivity index (χ0) is 19.5. The van der Waals surface area contributed by atoms with Gasteiger partial charge in [-0.05, 0) is 54.1 Å². The predicted molar refractivity (Wildman–Crippen MR) is 124 cm³/mol. The van der Waals surface area contributed by atoms with E-state index in [1.54, 1.807) is 47.5 Å². The lowest BCUT2D eigenvalue weighted by atomic mass is 10.2. The summed E-state index contributed by atoms with van der Waals surface area (Å²) in [4.78, 5) is 9.16. The van der Waals surface area contributed by atoms with E-state index >= 15 is 0 Å². The Morgan fingerprint density at radius 1 is 1.11 bits per heavy atom. The molecule has 0 saturated heterocycles. The Labute approximate surface area is 184 Å². The molecule has 0 bridgehead atoms. The van der Waals surface area contributed by atoms with Gasteiger partial charge in [0.15, 0.2) is 4.34 Å². The molecule has 7 heteroatoms. The van der Waals surface area contributed by atoms with Crippen LogP contribution in [0.4, 0.5) is 5.69 Å². The molecular formula is C21H14BrClN2OS2. The number of phenolic OH excluding ortho intramolecular Hbond substituents is 1. The SMILES string of the molecule is Oc1ccc(Cl)cc1C=Nc1ccc2nc(SCc3ccc(Br)cc3)sc2c1. The van der Waals surface area contributed by atoms with Gasteiger partial charge in [-0.25, -0.2) is 4.98 Å². The quantitative estimate of drug-likeness (QED) is 0.234. The predicted octanol–water partition coefficient (Wildman–Crippen LogP) is 7.46. The molecule has 4 rings (SSSR count). The van der Waals surface area contributed by atoms with Gasteiger partial charge in [-0.2, -0.15) is 0 Å². The lowest BCUT2D eigenvalue weighted by molar-refractivity contribution is 0.474. The molecule has 1 N–H and O–H groups in total. The van der Waals surface area contributed by atoms with E-state index in [-0.39, 0.29) is 5.75 Å². The van der Waals surface area contributed by atoms with Crippen LogP contribution in [0.5, 0.6) is 5.75 Å². The summed E-state index contributed by atoms with van der Waals surface area (Å²) in [7, 11) is 0. The number of benzene rings is 3. The first-order chi connectivity index (χ1) is 13.6. The number of fused-ring (bicyclic) bond motifs is 1. The molecule has 0 aliphatic carbocycles. The van der Waals surface area contributed by atoms with E-state index in [4.69, 9.17) is 16.6 Å². The number of nitrogens with zero attached hydrogens (tertiary/aromatic N) is 2. The van der Waals surface area contributed by atoms with E-state index in [9.17, 15) is 5.11 Å². The molecule has 0 aliphatic heterocycles. The lowest BCUT2D eigenvalue weighted by Gasteiger charge is -1.99. The van der Waals surface area contributed by atoms with Crippen LogP contribution in [0.15, 0.2) is 74.5 Å². The molecule has 0 saturated carbocycles. The maximum Gasteiger partial charge on any atom is 0.151 e. The van der Waals surface area contributed by atoms with E-state index in [0.29, 0.717) is 10.6 Å². The van der Waals surface area contributed by atoms with Gasteiger partial charge in [0, 0.05) is 27.0 Å². The van der Waals surface area contributed by atoms with Gasteiger partial charge in [0.05, 0.1) is 15.9 Å². The minimum atomic E-state index is 0.152. The number of halogens is 2. The van der Waals surface area contributed by atoms with Gasteiger partial charge in [-0.1, -0.05) is 51.4 Å². The number of aliphatic imine (C=N–C) groups is 1. The molecule has 4 aromatic rings. The summed E-state index contributed by atoms with van der Waals surface area (Å²) < 4.78 is 3.20. The molecule has 0 unspecified atom stereocenters. The largest absolute Gasteiger partial charge is 0.507 e. The number of thiazole rings is 1. The van der Waals surface area contributed by atoms with Crippen LogP contribution in [0, 0.1) is 0 Å². The highest BCUT2D eigenvalue weighted by Gasteiger charge is 2.06. The first-order valence-electron chi connectivity index (χ1n) is 8.37. The number of thioether (sulfide) groups is 1. The van der Waals surface area contributed by atoms with E-state index < -0.39 is 0 Å². The van der Waals surface area contributed by atoms with Crippen LogP contribution in [-0.4, -0.2) is 16.3 Å². The normalized spacial score (nSPS) is 11.5. The van der Waals surface area contributed by atoms with Crippen LogP contribution in [0.2, 0.25) is 5.02 Å². The first-order valence-corrected chi connectivity index (χ1v) is 11.3. The third kappa shape index (κ3) is 4.75. The van der Waals surface area contributed by atoms with Crippen molar-refractivity contribution in [2.24, 2.45) is 4.99 Å². The second-order valence-electron chi connectivity index (χ2n) is 6.01. The van der Waals surface area contributed by atoms with Crippen molar-refractivity contribution < 1.29 is 5.11 Å². The summed E-state index contributed by atoms with van der Waals surface area (Å²) in [6, 6.07) is 19.1. The van der Waals surface area contributed by atoms with Crippen LogP contribution >= 0.6 is 50.6 Å². The lowest BCUT2D eigenvalue weighted by Crippen LogP contribution is -1.82. The van der Waals surface area contributed by atoms with Crippen molar-refractivity contribution in [2.45, 2.75) is 10.1 Å². The Balaban J connectivity index is 1.50. The van der Waals surface area contributed by atoms with Crippen molar-refractivity contribution in [1.29, 1.82) is 0 Å². The van der Waals surface area contributed by atoms with E-state index in [0.717, 1.165) is 30.5 Å². The van der Waals surface area contributed by atoms with Crippen molar-refractivity contribution in [2.75, 3.05) is 0 Å². The summed E-state index contributed by atoms with van der Waals surface area (Å²) >= 11 is 12.8. The van der Waals surface area contributed by atoms with Crippen molar-refractivity contribution in [1.82, 2.24) is 4.98 Å². The van der Waals surface area contributed by atoms with Crippen molar-refractivity contribution in [3.63, 3.8) is 0 Å². The molecule has 28 heavy (non-hydrogen) atoms. The van der Waals surface area contributed by atoms with Gasteiger partial charge >= 0.3 is 0 Å². The smallest absolute Gasteiger partial charge is 0.151 e. The number of aromatic nitrogens is 1. The van der Waals surface area contributed by atoms with Gasteiger partial charge in [-0.3, -0.25) is 4.99 Å². The molecule has 1 heterocycles. The number of rotatable bonds is 5. The van der Waals surface area contributed by atoms with Gasteiger partial charge in [0.1, 0.15) is 5.75 Å². The number of aromatic hydroxyl groups is 1. The fraction of sp³-hybridized carbons (Fsp3) is 0.0476. The number of phenols is 1. The Kier molecular flexibility index (Phi) is 6.01. The van der Waals surface area contributed by atoms with E-state index in [2.05, 4.69) is 45.2 Å². The summed E-state index contributed by atoms with van der Waals surface area (Å²) in [5.41, 5.74) is 3.62. The molecular weight excluding hydrogens is 476 g/mol. The zero-order valence-electron chi connectivity index (χ0n) is 14.5. The zero-order valence-corrected chi connectivity index (χ0v) is 18.4. The van der Waals surface area contributed by atoms with Crippen LogP contribution in [0.3, 0.4) is 0 Å². The van der Waals surface area contributed by atoms with Crippen molar-refractivity contribution in [3.8, 4) is 5.75 Å². The molecule has 0 radical (unpaired) electrons. The molecule has 3 aromatic carbocycles. The monoisotopic (exact) mass is 488 g/mol. The fourth-order valence-corrected chi connectivity index (χ4v) is 5.03. The maximum atomic E-state index is 9.89. The van der Waals surface area contributed by atoms with Crippen molar-refractivity contribution >= 4 is 72.7 Å². The Bertz CT molecular complexity index is 1160. The molecule has 0 amide bonds. The van der Waals surface area contributed by atoms with Crippen LogP contribution in [0.25, 0.3) is 10.2 Å². The second-order valence-corrected chi connectivity index (χ2v) is 9.61. The summed E-state index contributed by atoms with van der Waals surface area (Å²) in [6.45, 7) is 0. The molecule has 0 spiro atoms. The minimum Gasteiger partial charge on any atom is -0.507 e. The Morgan fingerprint density at radius 3 is 2.75 bits per heavy atom. The standard InChI is InChI=1S/C21H14BrClN2OS2/c22-15-3-1-13(2-4-15)12-27-21-25-18-7-6-17(10-20(18)28-21)24-11-14-9-16(23)5-8-19(14)26/h1-11,26H,12H2. The highest BCUT2D eigenvalue weighted by molar-refractivity contribution is 9.10. The molecule has 3 nitrogen and oxygen atoms in total. The van der Waals surface area contributed by atoms with Gasteiger partial charge in [0.25, 0.3) is 0 Å². The molecule has 0 atom stereocenters. The Hall–Kier alpha value is -1.86. The average Bonchev–Trinajstić information content (AvgIpc) is 3.10. The average molecular weight is 490 g/mol. The molecule has 1 aromatic heterocycles. The van der Waals surface area contributed by atoms with Crippen LogP contribution in [0.1, 0.15) is 11.1 Å². The molecule has 0 fully saturated rings. The molecule has 140 valence electrons. The van der Waals surface area contributed by atoms with Gasteiger partial charge in [0.2, 0.25) is 0 Å². The summed E-state index contributed by atoms with van der Waals surface area (Å²) in [5, 5.41) is 10.5. The second kappa shape index (κ2) is 8.66. The highest BCUT2D eigenvalue weighted by Crippen LogP contribution is 2.33. The fourth-order valence-electron chi connectivity index (χ4n) is 2.53. The molecule has 0 aliphatic rings. The van der Waals surface area contributed by atoms with E-state index in [1.165, 1.54) is 5.56 Å². The number of hydrogen-bond acceptors (Lipinski definition) is 5.